The molecule has 2 heterocycles. The molecule has 8 nitrogen and oxygen atoms in total. The second kappa shape index (κ2) is 10.7. The first-order valence-electron chi connectivity index (χ1n) is 13.0. The fourth-order valence-electron chi connectivity index (χ4n) is 4.78. The summed E-state index contributed by atoms with van der Waals surface area (Å²) in [5.74, 6) is 0.618. The van der Waals surface area contributed by atoms with Crippen molar-refractivity contribution in [2.75, 3.05) is 18.3 Å². The molecule has 1 atom stereocenters. The van der Waals surface area contributed by atoms with Gasteiger partial charge in [0.15, 0.2) is 11.5 Å². The Morgan fingerprint density at radius 2 is 1.77 bits per heavy atom. The standard InChI is InChI=1S/C31H31NO7/c1-5-14-36-24-12-8-21(15-19(24)4)29(33)27-28(20-6-10-23(11-7-20)39-18(2)3)32(31(35)30(27)34)22-9-13-25-26(16-22)38-17-37-25/h6-13,15-16,18,28,33H,5,14,17H2,1-4H3/b29-27+. The fourth-order valence-corrected chi connectivity index (χ4v) is 4.78. The van der Waals surface area contributed by atoms with Crippen molar-refractivity contribution in [2.24, 2.45) is 0 Å². The minimum absolute atomic E-state index is 0.00294. The average molecular weight is 530 g/mol. The van der Waals surface area contributed by atoms with E-state index in [0.717, 1.165) is 12.0 Å². The molecule has 1 saturated heterocycles. The van der Waals surface area contributed by atoms with Crippen LogP contribution in [-0.4, -0.2) is 36.3 Å². The normalized spacial score (nSPS) is 17.7. The van der Waals surface area contributed by atoms with E-state index in [9.17, 15) is 14.7 Å². The first-order valence-corrected chi connectivity index (χ1v) is 13.0. The third kappa shape index (κ3) is 5.02. The van der Waals surface area contributed by atoms with E-state index in [4.69, 9.17) is 18.9 Å². The van der Waals surface area contributed by atoms with Crippen molar-refractivity contribution in [1.82, 2.24) is 0 Å². The van der Waals surface area contributed by atoms with Crippen LogP contribution >= 0.6 is 0 Å². The van der Waals surface area contributed by atoms with E-state index < -0.39 is 17.7 Å². The zero-order valence-corrected chi connectivity index (χ0v) is 22.4. The minimum Gasteiger partial charge on any atom is -0.507 e. The van der Waals surface area contributed by atoms with Gasteiger partial charge in [0, 0.05) is 17.3 Å². The molecule has 39 heavy (non-hydrogen) atoms. The number of Topliss-reactive ketones (excluding diaryl/α,β-unsaturated/α-hetero) is 1. The summed E-state index contributed by atoms with van der Waals surface area (Å²) < 4.78 is 22.5. The van der Waals surface area contributed by atoms with Crippen molar-refractivity contribution in [3.63, 3.8) is 0 Å². The number of anilines is 1. The van der Waals surface area contributed by atoms with Gasteiger partial charge < -0.3 is 24.1 Å². The van der Waals surface area contributed by atoms with Gasteiger partial charge in [0.05, 0.1) is 24.3 Å². The molecule has 0 spiro atoms. The van der Waals surface area contributed by atoms with Gasteiger partial charge in [-0.3, -0.25) is 14.5 Å². The Hall–Kier alpha value is -4.46. The van der Waals surface area contributed by atoms with E-state index in [-0.39, 0.29) is 24.2 Å². The number of aryl methyl sites for hydroxylation is 1. The zero-order valence-electron chi connectivity index (χ0n) is 22.4. The first kappa shape index (κ1) is 26.2. The van der Waals surface area contributed by atoms with Crippen LogP contribution in [0.3, 0.4) is 0 Å². The molecule has 0 radical (unpaired) electrons. The van der Waals surface area contributed by atoms with E-state index in [1.54, 1.807) is 60.7 Å². The number of benzene rings is 3. The van der Waals surface area contributed by atoms with Gasteiger partial charge in [-0.25, -0.2) is 0 Å². The number of aliphatic hydroxyl groups is 1. The number of hydrogen-bond acceptors (Lipinski definition) is 7. The van der Waals surface area contributed by atoms with E-state index >= 15 is 0 Å². The summed E-state index contributed by atoms with van der Waals surface area (Å²) in [6.45, 7) is 8.42. The maximum Gasteiger partial charge on any atom is 0.300 e. The molecule has 2 aliphatic heterocycles. The Labute approximate surface area is 227 Å². The average Bonchev–Trinajstić information content (AvgIpc) is 3.49. The maximum atomic E-state index is 13.5. The van der Waals surface area contributed by atoms with Crippen LogP contribution in [-0.2, 0) is 9.59 Å². The number of hydrogen-bond donors (Lipinski definition) is 1. The Morgan fingerprint density at radius 3 is 2.46 bits per heavy atom. The van der Waals surface area contributed by atoms with Gasteiger partial charge in [0.25, 0.3) is 11.7 Å². The summed E-state index contributed by atoms with van der Waals surface area (Å²) in [5.41, 5.74) is 2.32. The summed E-state index contributed by atoms with van der Waals surface area (Å²) >= 11 is 0. The molecule has 1 unspecified atom stereocenters. The Morgan fingerprint density at radius 1 is 1.03 bits per heavy atom. The number of amides is 1. The lowest BCUT2D eigenvalue weighted by Crippen LogP contribution is -2.29. The van der Waals surface area contributed by atoms with Crippen LogP contribution in [0.15, 0.2) is 66.2 Å². The predicted molar refractivity (Wildman–Crippen MR) is 147 cm³/mol. The summed E-state index contributed by atoms with van der Waals surface area (Å²) in [5, 5.41) is 11.5. The number of nitrogens with zero attached hydrogens (tertiary/aromatic N) is 1. The summed E-state index contributed by atoms with van der Waals surface area (Å²) in [6.07, 6.45) is 0.855. The van der Waals surface area contributed by atoms with E-state index in [1.165, 1.54) is 4.90 Å². The van der Waals surface area contributed by atoms with Crippen molar-refractivity contribution in [3.05, 3.63) is 82.9 Å². The largest absolute Gasteiger partial charge is 0.507 e. The van der Waals surface area contributed by atoms with Gasteiger partial charge in [-0.1, -0.05) is 19.1 Å². The third-order valence-corrected chi connectivity index (χ3v) is 6.56. The highest BCUT2D eigenvalue weighted by molar-refractivity contribution is 6.51. The number of rotatable bonds is 8. The van der Waals surface area contributed by atoms with Crippen LogP contribution in [0.1, 0.15) is 49.9 Å². The highest BCUT2D eigenvalue weighted by atomic mass is 16.7. The molecule has 1 fully saturated rings. The Balaban J connectivity index is 1.62. The zero-order chi connectivity index (χ0) is 27.7. The van der Waals surface area contributed by atoms with Gasteiger partial charge in [0.2, 0.25) is 6.79 Å². The summed E-state index contributed by atoms with van der Waals surface area (Å²) in [7, 11) is 0. The van der Waals surface area contributed by atoms with Crippen molar-refractivity contribution in [1.29, 1.82) is 0 Å². The van der Waals surface area contributed by atoms with Gasteiger partial charge in [0.1, 0.15) is 17.3 Å². The number of ketones is 1. The van der Waals surface area contributed by atoms with Crippen molar-refractivity contribution >= 4 is 23.1 Å². The van der Waals surface area contributed by atoms with Crippen molar-refractivity contribution in [3.8, 4) is 23.0 Å². The van der Waals surface area contributed by atoms with E-state index in [2.05, 4.69) is 0 Å². The third-order valence-electron chi connectivity index (χ3n) is 6.56. The van der Waals surface area contributed by atoms with Crippen LogP contribution in [0.5, 0.6) is 23.0 Å². The summed E-state index contributed by atoms with van der Waals surface area (Å²) in [6, 6.07) is 16.6. The van der Waals surface area contributed by atoms with Crippen LogP contribution in [0.2, 0.25) is 0 Å². The molecule has 0 bridgehead atoms. The van der Waals surface area contributed by atoms with Gasteiger partial charge in [-0.15, -0.1) is 0 Å². The number of fused-ring (bicyclic) bond motifs is 1. The number of aliphatic hydroxyl groups excluding tert-OH is 1. The van der Waals surface area contributed by atoms with Crippen molar-refractivity contribution < 1.29 is 33.6 Å². The summed E-state index contributed by atoms with van der Waals surface area (Å²) in [4.78, 5) is 28.4. The quantitative estimate of drug-likeness (QED) is 0.220. The van der Waals surface area contributed by atoms with Crippen LogP contribution in [0.4, 0.5) is 5.69 Å². The van der Waals surface area contributed by atoms with Crippen molar-refractivity contribution in [2.45, 2.75) is 46.3 Å². The second-order valence-corrected chi connectivity index (χ2v) is 9.77. The molecule has 3 aromatic carbocycles. The monoisotopic (exact) mass is 529 g/mol. The lowest BCUT2D eigenvalue weighted by atomic mass is 9.94. The fraction of sp³-hybridized carbons (Fsp3) is 0.290. The molecule has 8 heteroatoms. The number of carbonyl (C=O) groups is 2. The highest BCUT2D eigenvalue weighted by Crippen LogP contribution is 2.45. The Kier molecular flexibility index (Phi) is 7.19. The molecular formula is C31H31NO7. The predicted octanol–water partition coefficient (Wildman–Crippen LogP) is 5.93. The topological polar surface area (TPSA) is 94.5 Å². The van der Waals surface area contributed by atoms with E-state index in [1.807, 2.05) is 27.7 Å². The molecular weight excluding hydrogens is 498 g/mol. The number of carbonyl (C=O) groups excluding carboxylic acids is 2. The molecule has 1 N–H and O–H groups in total. The lowest BCUT2D eigenvalue weighted by Gasteiger charge is -2.26. The maximum absolute atomic E-state index is 13.5. The molecule has 202 valence electrons. The van der Waals surface area contributed by atoms with Crippen LogP contribution < -0.4 is 23.8 Å². The molecule has 0 saturated carbocycles. The molecule has 1 amide bonds. The van der Waals surface area contributed by atoms with Gasteiger partial charge in [-0.2, -0.15) is 0 Å². The van der Waals surface area contributed by atoms with Gasteiger partial charge in [-0.05, 0) is 80.8 Å². The molecule has 0 aromatic heterocycles. The Bertz CT molecular complexity index is 1440. The van der Waals surface area contributed by atoms with Gasteiger partial charge >= 0.3 is 0 Å². The SMILES string of the molecule is CCCOc1ccc(/C(O)=C2\C(=O)C(=O)N(c3ccc4c(c3)OCO4)C2c2ccc(OC(C)C)cc2)cc1C. The lowest BCUT2D eigenvalue weighted by molar-refractivity contribution is -0.132. The smallest absolute Gasteiger partial charge is 0.300 e. The number of ether oxygens (including phenoxy) is 4. The first-order chi connectivity index (χ1) is 18.8. The van der Waals surface area contributed by atoms with E-state index in [0.29, 0.717) is 46.4 Å². The van der Waals surface area contributed by atoms with Crippen LogP contribution in [0.25, 0.3) is 5.76 Å². The minimum atomic E-state index is -0.880. The van der Waals surface area contributed by atoms with Crippen LogP contribution in [0, 0.1) is 6.92 Å². The second-order valence-electron chi connectivity index (χ2n) is 9.77. The molecule has 0 aliphatic carbocycles. The molecule has 2 aliphatic rings. The molecule has 3 aromatic rings. The molecule has 5 rings (SSSR count). The highest BCUT2D eigenvalue weighted by Gasteiger charge is 2.47.